The average molecular weight is 281 g/mol. The Morgan fingerprint density at radius 3 is 2.71 bits per heavy atom. The number of aryl methyl sites for hydroxylation is 1. The molecule has 1 aromatic heterocycles. The first kappa shape index (κ1) is 15.0. The minimum absolute atomic E-state index is 0.193. The standard InChI is InChI=1S/C16H19N5/c1-12(2)19-13(11-18)8-10-21-15-6-4-3-5-14(15)20-16(21)7-9-17/h3-6,12-13,19H,7-8,10H2,1-2H3. The molecule has 5 heteroatoms. The van der Waals surface area contributed by atoms with E-state index in [-0.39, 0.29) is 18.5 Å². The van der Waals surface area contributed by atoms with Crippen LogP contribution in [-0.2, 0) is 13.0 Å². The summed E-state index contributed by atoms with van der Waals surface area (Å²) in [5.41, 5.74) is 1.91. The van der Waals surface area contributed by atoms with Crippen LogP contribution in [0.4, 0.5) is 0 Å². The predicted molar refractivity (Wildman–Crippen MR) is 81.3 cm³/mol. The zero-order valence-electron chi connectivity index (χ0n) is 12.4. The van der Waals surface area contributed by atoms with Gasteiger partial charge in [-0.2, -0.15) is 10.5 Å². The van der Waals surface area contributed by atoms with E-state index in [9.17, 15) is 5.26 Å². The molecule has 0 amide bonds. The molecule has 0 fully saturated rings. The van der Waals surface area contributed by atoms with Gasteiger partial charge in [-0.05, 0) is 32.4 Å². The van der Waals surface area contributed by atoms with Crippen LogP contribution in [0.2, 0.25) is 0 Å². The van der Waals surface area contributed by atoms with Crippen LogP contribution in [0.1, 0.15) is 26.1 Å². The zero-order chi connectivity index (χ0) is 15.2. The number of nitrogens with one attached hydrogen (secondary N) is 1. The fraction of sp³-hybridized carbons (Fsp3) is 0.438. The molecule has 0 aliphatic carbocycles. The molecular formula is C16H19N5. The third kappa shape index (κ3) is 3.59. The molecule has 0 aliphatic heterocycles. The number of nitriles is 2. The molecule has 1 aromatic carbocycles. The highest BCUT2D eigenvalue weighted by atomic mass is 15.1. The maximum atomic E-state index is 9.20. The first-order valence-corrected chi connectivity index (χ1v) is 7.12. The topological polar surface area (TPSA) is 77.4 Å². The van der Waals surface area contributed by atoms with Crippen molar-refractivity contribution in [2.75, 3.05) is 0 Å². The molecule has 0 spiro atoms. The lowest BCUT2D eigenvalue weighted by Crippen LogP contribution is -2.34. The van der Waals surface area contributed by atoms with Crippen molar-refractivity contribution in [1.29, 1.82) is 10.5 Å². The van der Waals surface area contributed by atoms with E-state index in [0.717, 1.165) is 16.9 Å². The van der Waals surface area contributed by atoms with Crippen LogP contribution >= 0.6 is 0 Å². The highest BCUT2D eigenvalue weighted by Crippen LogP contribution is 2.17. The molecule has 1 heterocycles. The van der Waals surface area contributed by atoms with Crippen molar-refractivity contribution in [2.45, 2.75) is 45.3 Å². The Hall–Kier alpha value is -2.37. The maximum Gasteiger partial charge on any atom is 0.124 e. The summed E-state index contributed by atoms with van der Waals surface area (Å²) in [6, 6.07) is 12.4. The van der Waals surface area contributed by atoms with Crippen molar-refractivity contribution in [3.63, 3.8) is 0 Å². The monoisotopic (exact) mass is 281 g/mol. The lowest BCUT2D eigenvalue weighted by atomic mass is 10.2. The van der Waals surface area contributed by atoms with E-state index in [0.29, 0.717) is 13.0 Å². The summed E-state index contributed by atoms with van der Waals surface area (Å²) in [6.07, 6.45) is 0.969. The summed E-state index contributed by atoms with van der Waals surface area (Å²) in [4.78, 5) is 4.50. The molecule has 21 heavy (non-hydrogen) atoms. The lowest BCUT2D eigenvalue weighted by Gasteiger charge is -2.15. The second-order valence-corrected chi connectivity index (χ2v) is 5.30. The number of fused-ring (bicyclic) bond motifs is 1. The van der Waals surface area contributed by atoms with E-state index in [1.807, 2.05) is 42.7 Å². The number of nitrogens with zero attached hydrogens (tertiary/aromatic N) is 4. The van der Waals surface area contributed by atoms with Gasteiger partial charge in [-0.25, -0.2) is 4.98 Å². The predicted octanol–water partition coefficient (Wildman–Crippen LogP) is 2.38. The minimum atomic E-state index is -0.193. The number of hydrogen-bond acceptors (Lipinski definition) is 4. The van der Waals surface area contributed by atoms with Gasteiger partial charge in [-0.1, -0.05) is 12.1 Å². The second kappa shape index (κ2) is 6.88. The van der Waals surface area contributed by atoms with E-state index in [4.69, 9.17) is 5.26 Å². The van der Waals surface area contributed by atoms with Gasteiger partial charge in [0.1, 0.15) is 5.82 Å². The molecule has 5 nitrogen and oxygen atoms in total. The quantitative estimate of drug-likeness (QED) is 0.881. The Bertz CT molecular complexity index is 687. The van der Waals surface area contributed by atoms with Crippen molar-refractivity contribution < 1.29 is 0 Å². The number of aromatic nitrogens is 2. The van der Waals surface area contributed by atoms with E-state index in [1.54, 1.807) is 0 Å². The summed E-state index contributed by atoms with van der Waals surface area (Å²) in [5, 5.41) is 21.4. The highest BCUT2D eigenvalue weighted by molar-refractivity contribution is 5.75. The SMILES string of the molecule is CC(C)NC(C#N)CCn1c(CC#N)nc2ccccc21. The van der Waals surface area contributed by atoms with Crippen molar-refractivity contribution in [1.82, 2.24) is 14.9 Å². The number of hydrogen-bond donors (Lipinski definition) is 1. The summed E-state index contributed by atoms with van der Waals surface area (Å²) in [6.45, 7) is 4.73. The van der Waals surface area contributed by atoms with Gasteiger partial charge in [0.25, 0.3) is 0 Å². The molecule has 0 aliphatic rings. The van der Waals surface area contributed by atoms with E-state index < -0.39 is 0 Å². The number of imidazole rings is 1. The van der Waals surface area contributed by atoms with Crippen molar-refractivity contribution in [3.8, 4) is 12.1 Å². The number of rotatable bonds is 6. The number of para-hydroxylation sites is 2. The second-order valence-electron chi connectivity index (χ2n) is 5.30. The molecule has 108 valence electrons. The van der Waals surface area contributed by atoms with Crippen LogP contribution in [0.15, 0.2) is 24.3 Å². The molecule has 0 radical (unpaired) electrons. The summed E-state index contributed by atoms with van der Waals surface area (Å²) in [7, 11) is 0. The maximum absolute atomic E-state index is 9.20. The molecular weight excluding hydrogens is 262 g/mol. The van der Waals surface area contributed by atoms with Gasteiger partial charge in [0.2, 0.25) is 0 Å². The fourth-order valence-corrected chi connectivity index (χ4v) is 2.43. The van der Waals surface area contributed by atoms with Crippen LogP contribution in [0.25, 0.3) is 11.0 Å². The van der Waals surface area contributed by atoms with Gasteiger partial charge in [-0.15, -0.1) is 0 Å². The van der Waals surface area contributed by atoms with Crippen molar-refractivity contribution >= 4 is 11.0 Å². The van der Waals surface area contributed by atoms with Gasteiger partial charge in [0.05, 0.1) is 35.6 Å². The van der Waals surface area contributed by atoms with Crippen LogP contribution < -0.4 is 5.32 Å². The molecule has 0 saturated heterocycles. The third-order valence-corrected chi connectivity index (χ3v) is 3.30. The summed E-state index contributed by atoms with van der Waals surface area (Å²) in [5.74, 6) is 0.764. The molecule has 0 bridgehead atoms. The Kier molecular flexibility index (Phi) is 4.92. The Morgan fingerprint density at radius 2 is 2.05 bits per heavy atom. The summed E-state index contributed by atoms with van der Waals surface area (Å²) >= 11 is 0. The zero-order valence-corrected chi connectivity index (χ0v) is 12.4. The van der Waals surface area contributed by atoms with Crippen LogP contribution in [0.3, 0.4) is 0 Å². The van der Waals surface area contributed by atoms with Crippen molar-refractivity contribution in [2.24, 2.45) is 0 Å². The van der Waals surface area contributed by atoms with E-state index in [2.05, 4.69) is 22.4 Å². The molecule has 2 aromatic rings. The number of benzene rings is 1. The molecule has 2 rings (SSSR count). The van der Waals surface area contributed by atoms with E-state index in [1.165, 1.54) is 0 Å². The minimum Gasteiger partial charge on any atom is -0.327 e. The largest absolute Gasteiger partial charge is 0.327 e. The average Bonchev–Trinajstić information content (AvgIpc) is 2.81. The van der Waals surface area contributed by atoms with Crippen LogP contribution in [0.5, 0.6) is 0 Å². The molecule has 1 N–H and O–H groups in total. The van der Waals surface area contributed by atoms with Gasteiger partial charge in [0, 0.05) is 12.6 Å². The third-order valence-electron chi connectivity index (χ3n) is 3.30. The Labute approximate surface area is 124 Å². The molecule has 0 saturated carbocycles. The van der Waals surface area contributed by atoms with Gasteiger partial charge in [-0.3, -0.25) is 5.32 Å². The van der Waals surface area contributed by atoms with Crippen LogP contribution in [-0.4, -0.2) is 21.6 Å². The molecule has 1 atom stereocenters. The van der Waals surface area contributed by atoms with Gasteiger partial charge in [0.15, 0.2) is 0 Å². The van der Waals surface area contributed by atoms with Gasteiger partial charge >= 0.3 is 0 Å². The van der Waals surface area contributed by atoms with E-state index >= 15 is 0 Å². The fourth-order valence-electron chi connectivity index (χ4n) is 2.43. The molecule has 1 unspecified atom stereocenters. The van der Waals surface area contributed by atoms with Gasteiger partial charge < -0.3 is 4.57 Å². The summed E-state index contributed by atoms with van der Waals surface area (Å²) < 4.78 is 2.05. The Morgan fingerprint density at radius 1 is 1.29 bits per heavy atom. The first-order valence-electron chi connectivity index (χ1n) is 7.12. The smallest absolute Gasteiger partial charge is 0.124 e. The van der Waals surface area contributed by atoms with Crippen LogP contribution in [0, 0.1) is 22.7 Å². The first-order chi connectivity index (χ1) is 10.2. The highest BCUT2D eigenvalue weighted by Gasteiger charge is 2.13. The lowest BCUT2D eigenvalue weighted by molar-refractivity contribution is 0.476. The van der Waals surface area contributed by atoms with Crippen molar-refractivity contribution in [3.05, 3.63) is 30.1 Å². The Balaban J connectivity index is 2.22. The normalized spacial score (nSPS) is 12.2.